The number of primary amides is 1. The number of amides is 3. The van der Waals surface area contributed by atoms with Gasteiger partial charge in [-0.3, -0.25) is 10.1 Å². The van der Waals surface area contributed by atoms with E-state index in [2.05, 4.69) is 0 Å². The summed E-state index contributed by atoms with van der Waals surface area (Å²) in [6.07, 6.45) is 1.17. The van der Waals surface area contributed by atoms with Gasteiger partial charge in [0.25, 0.3) is 5.91 Å². The van der Waals surface area contributed by atoms with Crippen LogP contribution in [0.5, 0.6) is 0 Å². The molecule has 0 bridgehead atoms. The molecule has 1 aromatic heterocycles. The number of urea groups is 1. The van der Waals surface area contributed by atoms with Gasteiger partial charge in [0.1, 0.15) is 29.0 Å². The van der Waals surface area contributed by atoms with Crippen LogP contribution in [0.2, 0.25) is 0 Å². The third-order valence-electron chi connectivity index (χ3n) is 2.64. The Morgan fingerprint density at radius 1 is 1.23 bits per heavy atom. The average Bonchev–Trinajstić information content (AvgIpc) is 2.93. The molecule has 7 heteroatoms. The Morgan fingerprint density at radius 3 is 2.50 bits per heavy atom. The summed E-state index contributed by atoms with van der Waals surface area (Å²) in [6, 6.07) is 9.37. The second-order valence-electron chi connectivity index (χ2n) is 4.20. The molecule has 0 aliphatic heterocycles. The summed E-state index contributed by atoms with van der Waals surface area (Å²) in [7, 11) is 0. The number of nitrogens with two attached hydrogens (primary N) is 1. The van der Waals surface area contributed by atoms with Crippen LogP contribution < -0.4 is 11.1 Å². The lowest BCUT2D eigenvalue weighted by atomic mass is 10.2. The Hall–Kier alpha value is -3.40. The number of benzene rings is 1. The summed E-state index contributed by atoms with van der Waals surface area (Å²) in [5, 5.41) is 10.7. The molecule has 6 nitrogen and oxygen atoms in total. The predicted octanol–water partition coefficient (Wildman–Crippen LogP) is 2.19. The van der Waals surface area contributed by atoms with Crippen molar-refractivity contribution in [3.05, 3.63) is 53.5 Å². The maximum absolute atomic E-state index is 12.9. The van der Waals surface area contributed by atoms with Gasteiger partial charge in [0.2, 0.25) is 0 Å². The number of rotatable bonds is 3. The fourth-order valence-electron chi connectivity index (χ4n) is 1.67. The zero-order valence-corrected chi connectivity index (χ0v) is 11.2. The van der Waals surface area contributed by atoms with Gasteiger partial charge < -0.3 is 10.2 Å². The largest absolute Gasteiger partial charge is 0.457 e. The van der Waals surface area contributed by atoms with E-state index in [1.807, 2.05) is 0 Å². The molecule has 0 aliphatic carbocycles. The third kappa shape index (κ3) is 3.58. The van der Waals surface area contributed by atoms with Crippen molar-refractivity contribution in [1.29, 1.82) is 5.26 Å². The van der Waals surface area contributed by atoms with E-state index in [1.54, 1.807) is 17.5 Å². The van der Waals surface area contributed by atoms with Crippen LogP contribution in [-0.4, -0.2) is 11.9 Å². The minimum absolute atomic E-state index is 0.232. The van der Waals surface area contributed by atoms with Gasteiger partial charge in [-0.1, -0.05) is 0 Å². The standard InChI is InChI=1S/C15H10FN3O3/c16-11-3-1-9(2-4-11)13-6-5-12(22-13)7-10(8-17)14(20)19-15(18)21/h1-7H,(H3,18,19,20,21)/b10-7-. The van der Waals surface area contributed by atoms with Gasteiger partial charge in [0.05, 0.1) is 0 Å². The van der Waals surface area contributed by atoms with Crippen molar-refractivity contribution in [1.82, 2.24) is 5.32 Å². The van der Waals surface area contributed by atoms with Crippen LogP contribution in [0.25, 0.3) is 17.4 Å². The lowest BCUT2D eigenvalue weighted by molar-refractivity contribution is -0.115. The lowest BCUT2D eigenvalue weighted by Gasteiger charge is -1.98. The van der Waals surface area contributed by atoms with E-state index >= 15 is 0 Å². The smallest absolute Gasteiger partial charge is 0.319 e. The van der Waals surface area contributed by atoms with Gasteiger partial charge in [-0.2, -0.15) is 5.26 Å². The van der Waals surface area contributed by atoms with Gasteiger partial charge in [0, 0.05) is 11.6 Å². The number of carbonyl (C=O) groups excluding carboxylic acids is 2. The highest BCUT2D eigenvalue weighted by Gasteiger charge is 2.12. The molecule has 0 saturated heterocycles. The molecule has 3 amide bonds. The Morgan fingerprint density at radius 2 is 1.91 bits per heavy atom. The summed E-state index contributed by atoms with van der Waals surface area (Å²) < 4.78 is 18.3. The number of furan rings is 1. The summed E-state index contributed by atoms with van der Waals surface area (Å²) >= 11 is 0. The lowest BCUT2D eigenvalue weighted by Crippen LogP contribution is -2.35. The molecule has 2 aromatic rings. The highest BCUT2D eigenvalue weighted by atomic mass is 19.1. The second kappa shape index (κ2) is 6.37. The number of hydrogen-bond donors (Lipinski definition) is 2. The first kappa shape index (κ1) is 15.0. The molecule has 0 aliphatic rings. The molecule has 0 spiro atoms. The molecular formula is C15H10FN3O3. The van der Waals surface area contributed by atoms with Gasteiger partial charge in [-0.25, -0.2) is 9.18 Å². The molecule has 110 valence electrons. The number of nitriles is 1. The van der Waals surface area contributed by atoms with E-state index in [-0.39, 0.29) is 17.2 Å². The van der Waals surface area contributed by atoms with E-state index < -0.39 is 11.9 Å². The Labute approximate surface area is 124 Å². The summed E-state index contributed by atoms with van der Waals surface area (Å²) in [4.78, 5) is 22.1. The maximum atomic E-state index is 12.9. The molecular weight excluding hydrogens is 289 g/mol. The Balaban J connectivity index is 2.25. The van der Waals surface area contributed by atoms with E-state index in [4.69, 9.17) is 15.4 Å². The highest BCUT2D eigenvalue weighted by molar-refractivity contribution is 6.08. The van der Waals surface area contributed by atoms with Crippen molar-refractivity contribution in [3.8, 4) is 17.4 Å². The number of halogens is 1. The normalized spacial score (nSPS) is 10.8. The Bertz CT molecular complexity index is 785. The van der Waals surface area contributed by atoms with Gasteiger partial charge in [-0.05, 0) is 36.4 Å². The van der Waals surface area contributed by atoms with Gasteiger partial charge >= 0.3 is 6.03 Å². The molecule has 3 N–H and O–H groups in total. The molecule has 0 atom stereocenters. The summed E-state index contributed by atoms with van der Waals surface area (Å²) in [5.41, 5.74) is 5.12. The van der Waals surface area contributed by atoms with Crippen LogP contribution in [0.4, 0.5) is 9.18 Å². The molecule has 0 radical (unpaired) electrons. The predicted molar refractivity (Wildman–Crippen MR) is 75.4 cm³/mol. The SMILES string of the molecule is N#C/C(=C/c1ccc(-c2ccc(F)cc2)o1)C(=O)NC(N)=O. The van der Waals surface area contributed by atoms with Crippen molar-refractivity contribution in [3.63, 3.8) is 0 Å². The first-order valence-electron chi connectivity index (χ1n) is 6.08. The number of nitrogens with zero attached hydrogens (tertiary/aromatic N) is 1. The van der Waals surface area contributed by atoms with Crippen LogP contribution >= 0.6 is 0 Å². The molecule has 0 unspecified atom stereocenters. The zero-order chi connectivity index (χ0) is 16.1. The van der Waals surface area contributed by atoms with Crippen molar-refractivity contribution in [2.45, 2.75) is 0 Å². The summed E-state index contributed by atoms with van der Waals surface area (Å²) in [6.45, 7) is 0. The first-order valence-corrected chi connectivity index (χ1v) is 6.08. The van der Waals surface area contributed by atoms with E-state index in [0.29, 0.717) is 11.3 Å². The zero-order valence-electron chi connectivity index (χ0n) is 11.2. The Kier molecular flexibility index (Phi) is 4.34. The number of nitrogens with one attached hydrogen (secondary N) is 1. The monoisotopic (exact) mass is 299 g/mol. The summed E-state index contributed by atoms with van der Waals surface area (Å²) in [5.74, 6) is -0.616. The van der Waals surface area contributed by atoms with E-state index in [1.165, 1.54) is 36.4 Å². The van der Waals surface area contributed by atoms with Crippen molar-refractivity contribution >= 4 is 18.0 Å². The average molecular weight is 299 g/mol. The molecule has 1 heterocycles. The fraction of sp³-hybridized carbons (Fsp3) is 0. The van der Waals surface area contributed by atoms with E-state index in [9.17, 15) is 14.0 Å². The van der Waals surface area contributed by atoms with Crippen LogP contribution in [0.15, 0.2) is 46.4 Å². The first-order chi connectivity index (χ1) is 10.5. The fourth-order valence-corrected chi connectivity index (χ4v) is 1.67. The van der Waals surface area contributed by atoms with Crippen molar-refractivity contribution in [2.24, 2.45) is 5.73 Å². The number of hydrogen-bond acceptors (Lipinski definition) is 4. The van der Waals surface area contributed by atoms with Gasteiger partial charge in [-0.15, -0.1) is 0 Å². The minimum Gasteiger partial charge on any atom is -0.457 e. The molecule has 0 fully saturated rings. The van der Waals surface area contributed by atoms with Crippen LogP contribution in [0.1, 0.15) is 5.76 Å². The van der Waals surface area contributed by atoms with Crippen molar-refractivity contribution < 1.29 is 18.4 Å². The van der Waals surface area contributed by atoms with Crippen molar-refractivity contribution in [2.75, 3.05) is 0 Å². The van der Waals surface area contributed by atoms with Crippen LogP contribution in [0, 0.1) is 17.1 Å². The van der Waals surface area contributed by atoms with Crippen LogP contribution in [0.3, 0.4) is 0 Å². The van der Waals surface area contributed by atoms with Gasteiger partial charge in [0.15, 0.2) is 0 Å². The quantitative estimate of drug-likeness (QED) is 0.668. The maximum Gasteiger partial charge on any atom is 0.319 e. The number of carbonyl (C=O) groups is 2. The number of imide groups is 1. The third-order valence-corrected chi connectivity index (χ3v) is 2.64. The van der Waals surface area contributed by atoms with E-state index in [0.717, 1.165) is 0 Å². The molecule has 1 aromatic carbocycles. The molecule has 0 saturated carbocycles. The second-order valence-corrected chi connectivity index (χ2v) is 4.20. The molecule has 22 heavy (non-hydrogen) atoms. The topological polar surface area (TPSA) is 109 Å². The minimum atomic E-state index is -1.06. The highest BCUT2D eigenvalue weighted by Crippen LogP contribution is 2.23. The molecule has 2 rings (SSSR count). The van der Waals surface area contributed by atoms with Crippen LogP contribution in [-0.2, 0) is 4.79 Å².